The van der Waals surface area contributed by atoms with E-state index in [1.54, 1.807) is 57.7 Å². The average Bonchev–Trinajstić information content (AvgIpc) is 1.76. The van der Waals surface area contributed by atoms with Crippen LogP contribution in [0.25, 0.3) is 111 Å². The summed E-state index contributed by atoms with van der Waals surface area (Å²) in [5.41, 5.74) is 19.0. The van der Waals surface area contributed by atoms with E-state index in [0.717, 1.165) is 63.6 Å². The zero-order valence-electron chi connectivity index (χ0n) is 63.0. The number of hydrogen-bond acceptors (Lipinski definition) is 42. The SMILES string of the molecule is CNc1nc(=O)[nH]c2[nH]ncc12.CNc1nc(=O)[nH]c2nc[nH]c12.CSc1nc(=O)[nH]c2[nH]ncc12.CSc1nc(=O)[nH]c2nc[nH]c12.CSc1nc(Cl)nc2[nH]ncc12.CSc1nc(Cl)nc2nc[nH]c12.CSc1nc(F)nc2[nH]ncc12.CSc1nc(F)nc2nc[nH]c12.CSc1nc(N)nc2[nH]ncc12.CSc1nc(N)nc2nc[nH]c12. The number of aromatic nitrogens is 40. The highest BCUT2D eigenvalue weighted by Gasteiger charge is 2.15. The largest absolute Gasteiger partial charge is 0.372 e. The number of nitrogens with one attached hydrogen (secondary N) is 16. The Morgan fingerprint density at radius 1 is 0.317 bits per heavy atom. The van der Waals surface area contributed by atoms with Crippen LogP contribution in [-0.4, -0.2) is 265 Å². The van der Waals surface area contributed by atoms with E-state index < -0.39 is 23.5 Å². The molecule has 0 saturated carbocycles. The molecule has 0 saturated heterocycles. The quantitative estimate of drug-likeness (QED) is 0.0362. The van der Waals surface area contributed by atoms with Crippen LogP contribution in [0.15, 0.2) is 122 Å². The summed E-state index contributed by atoms with van der Waals surface area (Å²) in [6.07, 6.45) is 29.5. The van der Waals surface area contributed by atoms with Gasteiger partial charge in [-0.05, 0) is 73.2 Å². The normalized spacial score (nSPS) is 10.7. The molecule has 20 aromatic heterocycles. The van der Waals surface area contributed by atoms with Crippen molar-refractivity contribution in [2.45, 2.75) is 40.2 Å². The summed E-state index contributed by atoms with van der Waals surface area (Å²) in [5, 5.41) is 48.6. The van der Waals surface area contributed by atoms with E-state index in [-0.39, 0.29) is 33.8 Å². The fraction of sp³-hybridized carbons (Fsp3) is 0.167. The van der Waals surface area contributed by atoms with E-state index in [1.807, 2.05) is 50.0 Å². The molecule has 0 bridgehead atoms. The number of nitrogens with two attached hydrogens (primary N) is 2. The van der Waals surface area contributed by atoms with Crippen molar-refractivity contribution in [3.8, 4) is 0 Å². The lowest BCUT2D eigenvalue weighted by Crippen LogP contribution is -2.12. The monoisotopic (exact) mass is 1820 g/mol. The highest BCUT2D eigenvalue weighted by atomic mass is 35.5. The van der Waals surface area contributed by atoms with Crippen LogP contribution in [-0.2, 0) is 0 Å². The lowest BCUT2D eigenvalue weighted by atomic mass is 10.4. The first-order valence-electron chi connectivity index (χ1n) is 32.9. The van der Waals surface area contributed by atoms with Crippen LogP contribution in [0.2, 0.25) is 10.6 Å². The highest BCUT2D eigenvalue weighted by Crippen LogP contribution is 2.28. The van der Waals surface area contributed by atoms with Crippen molar-refractivity contribution < 1.29 is 8.78 Å². The van der Waals surface area contributed by atoms with Crippen LogP contribution in [0.1, 0.15) is 0 Å². The molecule has 20 rings (SSSR count). The maximum atomic E-state index is 12.7. The third-order valence-electron chi connectivity index (χ3n) is 14.8. The van der Waals surface area contributed by atoms with Crippen molar-refractivity contribution in [3.63, 3.8) is 0 Å². The number of hydrogen-bond donors (Lipinski definition) is 18. The number of thioether (sulfide) groups is 8. The molecule has 0 atom stereocenters. The molecule has 60 heteroatoms. The van der Waals surface area contributed by atoms with E-state index in [0.29, 0.717) is 99.2 Å². The van der Waals surface area contributed by atoms with Gasteiger partial charge < -0.3 is 47.0 Å². The first-order chi connectivity index (χ1) is 58.1. The number of fused-ring (bicyclic) bond motifs is 10. The molecule has 0 radical (unpaired) electrons. The minimum Gasteiger partial charge on any atom is -0.372 e. The van der Waals surface area contributed by atoms with Crippen molar-refractivity contribution in [1.29, 1.82) is 0 Å². The standard InChI is InChI=1S/2C6H5ClN4S.2C6H5FN4S.2C6H7N5O.2C6H7N5S.2C6H6N4OS/c1-12-5-3-4(9-2-8-3)10-6(7)11-5;1-12-5-3-2-8-11-4(3)9-6(7)10-5;1-12-5-3-4(9-2-8-3)10-6(7)11-5;1-12-5-3-2-8-11-4(3)9-6(7)10-5;1-7-4-3-5(9-2-8-3)11-6(12)10-4;1-7-4-3-2-8-11-5(3)10-6(12)9-4;1-12-5-3-4(9-2-8-3)10-6(7)11-5;1-12-5-3-2-8-11-4(3)9-6(7)10-5;1-12-5-3-4(8-2-7-3)9-6(11)10-5;1-12-5-3-2-7-10-4(3)8-6(11)9-5/h4*2H,1H3,(H,8,9,10,11);2*2H,1H3,(H3,7,8,9,10,11,12);2*2H,1H3,(H3,7,8,9,10,11);2*2H,1H3,(H2,7,8,9,10,11). The Kier molecular flexibility index (Phi) is 30.8. The van der Waals surface area contributed by atoms with Crippen LogP contribution in [0.4, 0.5) is 32.3 Å². The molecule has 0 fully saturated rings. The molecule has 20 heterocycles. The Morgan fingerprint density at radius 2 is 0.658 bits per heavy atom. The summed E-state index contributed by atoms with van der Waals surface area (Å²) in [6, 6.07) is 0. The van der Waals surface area contributed by atoms with E-state index in [9.17, 15) is 28.0 Å². The van der Waals surface area contributed by atoms with Crippen LogP contribution < -0.4 is 44.9 Å². The van der Waals surface area contributed by atoms with Gasteiger partial charge in [-0.25, -0.2) is 64.0 Å². The zero-order chi connectivity index (χ0) is 85.5. The number of anilines is 4. The topological polar surface area (TPSA) is 701 Å². The van der Waals surface area contributed by atoms with Gasteiger partial charge in [0.15, 0.2) is 51.0 Å². The summed E-state index contributed by atoms with van der Waals surface area (Å²) >= 11 is 23.0. The smallest absolute Gasteiger partial charge is 0.348 e. The molecule has 0 unspecified atom stereocenters. The second-order valence-corrected chi connectivity index (χ2v) is 28.9. The van der Waals surface area contributed by atoms with Gasteiger partial charge in [0.05, 0.1) is 89.6 Å². The fourth-order valence-electron chi connectivity index (χ4n) is 9.73. The Morgan fingerprint density at radius 3 is 1.23 bits per heavy atom. The van der Waals surface area contributed by atoms with Gasteiger partial charge in [0, 0.05) is 14.1 Å². The fourth-order valence-corrected chi connectivity index (χ4v) is 14.5. The number of aromatic amines is 14. The molecule has 20 N–H and O–H groups in total. The molecule has 0 aliphatic rings. The van der Waals surface area contributed by atoms with Crippen molar-refractivity contribution in [2.24, 2.45) is 0 Å². The second kappa shape index (κ2) is 42.0. The van der Waals surface area contributed by atoms with Gasteiger partial charge in [0.25, 0.3) is 0 Å². The van der Waals surface area contributed by atoms with Gasteiger partial charge in [-0.3, -0.25) is 45.4 Å². The van der Waals surface area contributed by atoms with Gasteiger partial charge >= 0.3 is 34.9 Å². The molecule has 620 valence electrons. The molecule has 0 amide bonds. The van der Waals surface area contributed by atoms with Crippen molar-refractivity contribution in [1.82, 2.24) is 201 Å². The molecule has 20 aromatic rings. The van der Waals surface area contributed by atoms with Crippen LogP contribution in [0.3, 0.4) is 0 Å². The molecule has 48 nitrogen and oxygen atoms in total. The summed E-state index contributed by atoms with van der Waals surface area (Å²) < 4.78 is 25.4. The molecule has 0 spiro atoms. The predicted molar refractivity (Wildman–Crippen MR) is 460 cm³/mol. The number of imidazole rings is 5. The van der Waals surface area contributed by atoms with Crippen LogP contribution in [0, 0.1) is 12.2 Å². The highest BCUT2D eigenvalue weighted by molar-refractivity contribution is 8.00. The van der Waals surface area contributed by atoms with Gasteiger partial charge in [-0.2, -0.15) is 94.1 Å². The Hall–Kier alpha value is -12.9. The van der Waals surface area contributed by atoms with Gasteiger partial charge in [-0.1, -0.05) is 0 Å². The van der Waals surface area contributed by atoms with Gasteiger partial charge in [-0.15, -0.1) is 94.1 Å². The predicted octanol–water partition coefficient (Wildman–Crippen LogP) is 7.31. The van der Waals surface area contributed by atoms with E-state index in [4.69, 9.17) is 34.7 Å². The maximum Gasteiger partial charge on any atom is 0.348 e. The first-order valence-corrected chi connectivity index (χ1v) is 43.5. The van der Waals surface area contributed by atoms with Gasteiger partial charge in [0.1, 0.15) is 84.9 Å². The summed E-state index contributed by atoms with van der Waals surface area (Å²) in [5.74, 6) is 1.57. The number of rotatable bonds is 10. The number of halogens is 4. The Labute approximate surface area is 709 Å². The van der Waals surface area contributed by atoms with Gasteiger partial charge in [0.2, 0.25) is 22.5 Å². The molecule has 0 aliphatic heterocycles. The van der Waals surface area contributed by atoms with E-state index in [1.165, 1.54) is 113 Å². The first kappa shape index (κ1) is 88.0. The van der Waals surface area contributed by atoms with E-state index >= 15 is 0 Å². The third kappa shape index (κ3) is 22.1. The minimum absolute atomic E-state index is 0.235. The van der Waals surface area contributed by atoms with Crippen molar-refractivity contribution in [3.05, 3.63) is 127 Å². The van der Waals surface area contributed by atoms with Crippen molar-refractivity contribution >= 4 is 252 Å². The number of H-pyrrole nitrogens is 14. The van der Waals surface area contributed by atoms with Crippen LogP contribution >= 0.6 is 117 Å². The minimum atomic E-state index is -0.737. The Balaban J connectivity index is 0.000000130. The zero-order valence-corrected chi connectivity index (χ0v) is 71.0. The molecular weight excluding hydrogens is 1770 g/mol. The van der Waals surface area contributed by atoms with Crippen LogP contribution in [0.5, 0.6) is 0 Å². The average molecular weight is 1830 g/mol. The maximum absolute atomic E-state index is 12.7. The van der Waals surface area contributed by atoms with Crippen molar-refractivity contribution in [2.75, 3.05) is 86.2 Å². The summed E-state index contributed by atoms with van der Waals surface area (Å²) in [7, 11) is 3.40. The van der Waals surface area contributed by atoms with E-state index in [2.05, 4.69) is 211 Å². The molecule has 0 aliphatic carbocycles. The third-order valence-corrected chi connectivity index (χ3v) is 20.6. The Bertz CT molecular complexity index is 6110. The summed E-state index contributed by atoms with van der Waals surface area (Å²) in [6.45, 7) is 0. The lowest BCUT2D eigenvalue weighted by molar-refractivity contribution is 0.533. The summed E-state index contributed by atoms with van der Waals surface area (Å²) in [4.78, 5) is 149. The molecular formula is C60H60Cl2F2N44O4S8. The second-order valence-electron chi connectivity index (χ2n) is 21.8. The number of nitrogen functional groups attached to an aromatic ring is 2. The lowest BCUT2D eigenvalue weighted by Gasteiger charge is -1.97. The molecule has 120 heavy (non-hydrogen) atoms. The number of nitrogens with zero attached hydrogens (tertiary/aromatic N) is 26. The molecule has 0 aromatic carbocycles.